The fourth-order valence-electron chi connectivity index (χ4n) is 2.70. The summed E-state index contributed by atoms with van der Waals surface area (Å²) in [6, 6.07) is 5.60. The number of pyridine rings is 1. The van der Waals surface area contributed by atoms with Crippen molar-refractivity contribution < 1.29 is 22.4 Å². The number of halogens is 4. The molecular formula is C18H15BrF3N3O2. The summed E-state index contributed by atoms with van der Waals surface area (Å²) in [5.41, 5.74) is 0.772. The smallest absolute Gasteiger partial charge is 0.433 e. The molecule has 3 aromatic rings. The summed E-state index contributed by atoms with van der Waals surface area (Å²) >= 11 is 3.47. The van der Waals surface area contributed by atoms with E-state index >= 15 is 0 Å². The number of anilines is 1. The number of carbonyl (C=O) groups excluding carboxylic acids is 1. The Kier molecular flexibility index (Phi) is 4.90. The van der Waals surface area contributed by atoms with Crippen LogP contribution in [0.5, 0.6) is 0 Å². The lowest BCUT2D eigenvalue weighted by molar-refractivity contribution is -0.141. The van der Waals surface area contributed by atoms with Crippen molar-refractivity contribution in [1.82, 2.24) is 10.3 Å². The van der Waals surface area contributed by atoms with Crippen LogP contribution in [0, 0.1) is 0 Å². The molecular weight excluding hydrogens is 427 g/mol. The minimum atomic E-state index is -4.54. The normalized spacial score (nSPS) is 11.7. The number of hydrogen-bond acceptors (Lipinski definition) is 4. The second kappa shape index (κ2) is 6.88. The third kappa shape index (κ3) is 3.51. The van der Waals surface area contributed by atoms with Gasteiger partial charge in [-0.15, -0.1) is 0 Å². The molecule has 0 bridgehead atoms. The molecule has 0 saturated carbocycles. The summed E-state index contributed by atoms with van der Waals surface area (Å²) in [5, 5.41) is 3.08. The monoisotopic (exact) mass is 441 g/mol. The van der Waals surface area contributed by atoms with E-state index in [0.29, 0.717) is 11.0 Å². The molecule has 0 aliphatic heterocycles. The first-order valence-corrected chi connectivity index (χ1v) is 8.62. The van der Waals surface area contributed by atoms with Crippen LogP contribution < -0.4 is 10.2 Å². The maximum atomic E-state index is 12.8. The minimum absolute atomic E-state index is 0.161. The van der Waals surface area contributed by atoms with Crippen LogP contribution in [-0.4, -0.2) is 32.0 Å². The van der Waals surface area contributed by atoms with Gasteiger partial charge in [-0.05, 0) is 34.1 Å². The first-order valence-electron chi connectivity index (χ1n) is 7.82. The fourth-order valence-corrected chi connectivity index (χ4v) is 3.40. The van der Waals surface area contributed by atoms with E-state index in [-0.39, 0.29) is 16.9 Å². The number of hydrogen-bond donors (Lipinski definition) is 1. The average molecular weight is 442 g/mol. The van der Waals surface area contributed by atoms with Gasteiger partial charge in [0.1, 0.15) is 17.0 Å². The fraction of sp³-hybridized carbons (Fsp3) is 0.222. The average Bonchev–Trinajstić information content (AvgIpc) is 2.97. The molecule has 0 atom stereocenters. The molecule has 2 heterocycles. The second-order valence-electron chi connectivity index (χ2n) is 6.01. The molecule has 1 amide bonds. The number of benzene rings is 1. The van der Waals surface area contributed by atoms with Crippen LogP contribution in [-0.2, 0) is 6.18 Å². The molecule has 0 fully saturated rings. The van der Waals surface area contributed by atoms with Gasteiger partial charge in [0, 0.05) is 48.8 Å². The number of amides is 1. The summed E-state index contributed by atoms with van der Waals surface area (Å²) in [4.78, 5) is 17.8. The Morgan fingerprint density at radius 2 is 1.96 bits per heavy atom. The molecule has 142 valence electrons. The lowest BCUT2D eigenvalue weighted by Crippen LogP contribution is -2.18. The lowest BCUT2D eigenvalue weighted by Gasteiger charge is -2.14. The molecule has 3 rings (SSSR count). The van der Waals surface area contributed by atoms with E-state index in [0.717, 1.165) is 22.4 Å². The molecule has 0 saturated heterocycles. The first-order chi connectivity index (χ1) is 12.6. The van der Waals surface area contributed by atoms with E-state index in [1.807, 2.05) is 19.0 Å². The second-order valence-corrected chi connectivity index (χ2v) is 6.86. The number of aromatic nitrogens is 1. The largest absolute Gasteiger partial charge is 0.455 e. The van der Waals surface area contributed by atoms with Crippen molar-refractivity contribution in [3.63, 3.8) is 0 Å². The van der Waals surface area contributed by atoms with Crippen LogP contribution in [0.15, 0.2) is 39.4 Å². The number of rotatable bonds is 3. The molecule has 0 aliphatic rings. The van der Waals surface area contributed by atoms with Gasteiger partial charge in [0.05, 0.1) is 11.3 Å². The van der Waals surface area contributed by atoms with Crippen LogP contribution in [0.1, 0.15) is 16.1 Å². The van der Waals surface area contributed by atoms with Crippen LogP contribution in [0.25, 0.3) is 22.3 Å². The van der Waals surface area contributed by atoms with Gasteiger partial charge in [0.2, 0.25) is 0 Å². The topological polar surface area (TPSA) is 58.4 Å². The maximum Gasteiger partial charge on any atom is 0.433 e. The van der Waals surface area contributed by atoms with Crippen molar-refractivity contribution in [1.29, 1.82) is 0 Å². The molecule has 0 unspecified atom stereocenters. The van der Waals surface area contributed by atoms with E-state index in [1.54, 1.807) is 12.1 Å². The molecule has 2 aromatic heterocycles. The number of alkyl halides is 3. The van der Waals surface area contributed by atoms with E-state index in [4.69, 9.17) is 4.42 Å². The van der Waals surface area contributed by atoms with E-state index in [1.165, 1.54) is 13.1 Å². The molecule has 1 aromatic carbocycles. The highest BCUT2D eigenvalue weighted by atomic mass is 79.9. The van der Waals surface area contributed by atoms with Gasteiger partial charge >= 0.3 is 6.18 Å². The molecule has 0 radical (unpaired) electrons. The predicted octanol–water partition coefficient (Wildman–Crippen LogP) is 4.70. The summed E-state index contributed by atoms with van der Waals surface area (Å²) in [6.07, 6.45) is -3.49. The van der Waals surface area contributed by atoms with E-state index in [9.17, 15) is 18.0 Å². The molecule has 5 nitrogen and oxygen atoms in total. The molecule has 0 aliphatic carbocycles. The highest BCUT2D eigenvalue weighted by Crippen LogP contribution is 2.39. The van der Waals surface area contributed by atoms with E-state index < -0.39 is 17.8 Å². The highest BCUT2D eigenvalue weighted by molar-refractivity contribution is 9.10. The quantitative estimate of drug-likeness (QED) is 0.639. The Morgan fingerprint density at radius 3 is 2.48 bits per heavy atom. The third-order valence-corrected chi connectivity index (χ3v) is 4.64. The third-order valence-electron chi connectivity index (χ3n) is 4.01. The standard InChI is InChI=1S/C18H15BrF3N3O2/c1-23-17(26)15-10-6-11(19)12(25(2)3)7-13(10)27-16(15)9-4-5-14(24-8-9)18(20,21)22/h4-8H,1-3H3,(H,23,26). The summed E-state index contributed by atoms with van der Waals surface area (Å²) < 4.78 is 44.9. The van der Waals surface area contributed by atoms with Gasteiger partial charge in [0.25, 0.3) is 5.91 Å². The Bertz CT molecular complexity index is 1010. The molecule has 27 heavy (non-hydrogen) atoms. The van der Waals surface area contributed by atoms with E-state index in [2.05, 4.69) is 26.2 Å². The first kappa shape index (κ1) is 19.2. The van der Waals surface area contributed by atoms with Crippen LogP contribution in [0.4, 0.5) is 18.9 Å². The zero-order chi connectivity index (χ0) is 19.9. The maximum absolute atomic E-state index is 12.8. The van der Waals surface area contributed by atoms with Gasteiger partial charge in [-0.2, -0.15) is 13.2 Å². The van der Waals surface area contributed by atoms with Crippen molar-refractivity contribution in [2.24, 2.45) is 0 Å². The number of nitrogens with one attached hydrogen (secondary N) is 1. The number of fused-ring (bicyclic) bond motifs is 1. The van der Waals surface area contributed by atoms with Gasteiger partial charge in [0.15, 0.2) is 0 Å². The summed E-state index contributed by atoms with van der Waals surface area (Å²) in [7, 11) is 5.18. The molecule has 1 N–H and O–H groups in total. The van der Waals surface area contributed by atoms with Crippen molar-refractivity contribution in [2.75, 3.05) is 26.0 Å². The number of furan rings is 1. The summed E-state index contributed by atoms with van der Waals surface area (Å²) in [6.45, 7) is 0. The SMILES string of the molecule is CNC(=O)c1c(-c2ccc(C(F)(F)F)nc2)oc2cc(N(C)C)c(Br)cc12. The zero-order valence-corrected chi connectivity index (χ0v) is 16.2. The lowest BCUT2D eigenvalue weighted by atomic mass is 10.1. The summed E-state index contributed by atoms with van der Waals surface area (Å²) in [5.74, 6) is -0.249. The molecule has 0 spiro atoms. The molecule has 9 heteroatoms. The predicted molar refractivity (Wildman–Crippen MR) is 99.9 cm³/mol. The van der Waals surface area contributed by atoms with Crippen LogP contribution >= 0.6 is 15.9 Å². The Morgan fingerprint density at radius 1 is 1.26 bits per heavy atom. The van der Waals surface area contributed by atoms with Crippen molar-refractivity contribution >= 4 is 38.5 Å². The van der Waals surface area contributed by atoms with Crippen molar-refractivity contribution in [2.45, 2.75) is 6.18 Å². The van der Waals surface area contributed by atoms with Gasteiger partial charge in [-0.1, -0.05) is 0 Å². The van der Waals surface area contributed by atoms with Gasteiger partial charge in [-0.25, -0.2) is 0 Å². The highest BCUT2D eigenvalue weighted by Gasteiger charge is 2.32. The zero-order valence-electron chi connectivity index (χ0n) is 14.6. The van der Waals surface area contributed by atoms with Crippen LogP contribution in [0.3, 0.4) is 0 Å². The Hall–Kier alpha value is -2.55. The Labute approximate surface area is 161 Å². The van der Waals surface area contributed by atoms with Crippen LogP contribution in [0.2, 0.25) is 0 Å². The minimum Gasteiger partial charge on any atom is -0.455 e. The van der Waals surface area contributed by atoms with Gasteiger partial charge < -0.3 is 14.6 Å². The van der Waals surface area contributed by atoms with Gasteiger partial charge in [-0.3, -0.25) is 9.78 Å². The number of carbonyl (C=O) groups is 1. The Balaban J connectivity index is 2.24. The van der Waals surface area contributed by atoms with Crippen molar-refractivity contribution in [3.8, 4) is 11.3 Å². The number of nitrogens with zero attached hydrogens (tertiary/aromatic N) is 2. The van der Waals surface area contributed by atoms with Crippen molar-refractivity contribution in [3.05, 3.63) is 46.2 Å².